The lowest BCUT2D eigenvalue weighted by Gasteiger charge is -2.23. The van der Waals surface area contributed by atoms with Crippen molar-refractivity contribution in [3.05, 3.63) is 0 Å². The number of rotatable bonds is 3. The third-order valence-corrected chi connectivity index (χ3v) is 1.69. The Bertz CT molecular complexity index is 123. The molecule has 1 unspecified atom stereocenters. The molecule has 3 nitrogen and oxygen atoms in total. The topological polar surface area (TPSA) is 57.5 Å². The van der Waals surface area contributed by atoms with Gasteiger partial charge in [0.05, 0.1) is 12.0 Å². The Labute approximate surface area is 60.7 Å². The average Bonchev–Trinajstić information content (AvgIpc) is 1.60. The predicted molar refractivity (Wildman–Crippen MR) is 37.7 cm³/mol. The molecule has 0 spiro atoms. The van der Waals surface area contributed by atoms with E-state index in [1.165, 1.54) is 0 Å². The molecule has 0 aromatic carbocycles. The Balaban J connectivity index is 3.85. The maximum Gasteiger partial charge on any atom is 0.303 e. The quantitative estimate of drug-likeness (QED) is 0.621. The van der Waals surface area contributed by atoms with Gasteiger partial charge in [-0.25, -0.2) is 0 Å². The molecular formula is C7H14O3. The van der Waals surface area contributed by atoms with Gasteiger partial charge < -0.3 is 10.2 Å². The average molecular weight is 146 g/mol. The molecule has 0 saturated heterocycles. The summed E-state index contributed by atoms with van der Waals surface area (Å²) in [5.41, 5.74) is -0.890. The first kappa shape index (κ1) is 9.43. The smallest absolute Gasteiger partial charge is 0.303 e. The van der Waals surface area contributed by atoms with Gasteiger partial charge in [-0.05, 0) is 19.8 Å². The highest BCUT2D eigenvalue weighted by Gasteiger charge is 2.23. The highest BCUT2D eigenvalue weighted by Crippen LogP contribution is 2.18. The molecule has 3 heteroatoms. The van der Waals surface area contributed by atoms with Crippen molar-refractivity contribution in [2.45, 2.75) is 32.8 Å². The van der Waals surface area contributed by atoms with E-state index >= 15 is 0 Å². The van der Waals surface area contributed by atoms with Crippen molar-refractivity contribution in [3.63, 3.8) is 0 Å². The van der Waals surface area contributed by atoms with Gasteiger partial charge in [0.1, 0.15) is 0 Å². The van der Waals surface area contributed by atoms with Crippen LogP contribution in [0.2, 0.25) is 0 Å². The molecule has 0 heterocycles. The Morgan fingerprint density at radius 3 is 2.10 bits per heavy atom. The molecule has 0 aliphatic carbocycles. The molecule has 0 radical (unpaired) electrons. The van der Waals surface area contributed by atoms with Crippen LogP contribution in [0.15, 0.2) is 0 Å². The van der Waals surface area contributed by atoms with Crippen molar-refractivity contribution >= 4 is 5.97 Å². The van der Waals surface area contributed by atoms with E-state index in [1.54, 1.807) is 20.8 Å². The summed E-state index contributed by atoms with van der Waals surface area (Å²) >= 11 is 0. The second-order valence-corrected chi connectivity index (χ2v) is 3.15. The number of hydrogen-bond acceptors (Lipinski definition) is 2. The van der Waals surface area contributed by atoms with Gasteiger partial charge in [-0.1, -0.05) is 6.92 Å². The van der Waals surface area contributed by atoms with Gasteiger partial charge in [-0.3, -0.25) is 4.79 Å². The monoisotopic (exact) mass is 146 g/mol. The molecule has 0 rings (SSSR count). The first-order valence-electron chi connectivity index (χ1n) is 3.28. The lowest BCUT2D eigenvalue weighted by Crippen LogP contribution is -2.30. The van der Waals surface area contributed by atoms with Gasteiger partial charge in [0.25, 0.3) is 0 Å². The van der Waals surface area contributed by atoms with Gasteiger partial charge in [0.2, 0.25) is 0 Å². The number of aliphatic carboxylic acids is 1. The summed E-state index contributed by atoms with van der Waals surface area (Å²) in [5.74, 6) is -1.07. The molecule has 0 aromatic heterocycles. The third kappa shape index (κ3) is 3.45. The number of hydrogen-bond donors (Lipinski definition) is 2. The van der Waals surface area contributed by atoms with Crippen molar-refractivity contribution in [3.8, 4) is 0 Å². The van der Waals surface area contributed by atoms with E-state index in [4.69, 9.17) is 5.11 Å². The first-order chi connectivity index (χ1) is 4.34. The predicted octanol–water partition coefficient (Wildman–Crippen LogP) is 0.868. The zero-order valence-corrected chi connectivity index (χ0v) is 6.59. The number of carboxylic acids is 1. The van der Waals surface area contributed by atoms with E-state index in [0.29, 0.717) is 0 Å². The number of carboxylic acid groups (broad SMARTS) is 1. The van der Waals surface area contributed by atoms with Crippen LogP contribution in [0.5, 0.6) is 0 Å². The summed E-state index contributed by atoms with van der Waals surface area (Å²) in [6.45, 7) is 4.94. The molecule has 0 aromatic rings. The summed E-state index contributed by atoms with van der Waals surface area (Å²) in [6.07, 6.45) is 0.0174. The largest absolute Gasteiger partial charge is 0.481 e. The number of carbonyl (C=O) groups is 1. The summed E-state index contributed by atoms with van der Waals surface area (Å²) in [5, 5.41) is 17.6. The molecule has 0 aliphatic heterocycles. The molecule has 0 amide bonds. The second-order valence-electron chi connectivity index (χ2n) is 3.15. The van der Waals surface area contributed by atoms with E-state index in [1.807, 2.05) is 0 Å². The third-order valence-electron chi connectivity index (χ3n) is 1.69. The van der Waals surface area contributed by atoms with Gasteiger partial charge >= 0.3 is 5.97 Å². The van der Waals surface area contributed by atoms with Crippen LogP contribution in [0.25, 0.3) is 0 Å². The fourth-order valence-corrected chi connectivity index (χ4v) is 0.512. The summed E-state index contributed by atoms with van der Waals surface area (Å²) in [6, 6.07) is 0. The van der Waals surface area contributed by atoms with Crippen LogP contribution in [0.3, 0.4) is 0 Å². The van der Waals surface area contributed by atoms with Gasteiger partial charge in [0, 0.05) is 0 Å². The van der Waals surface area contributed by atoms with Crippen LogP contribution in [0.4, 0.5) is 0 Å². The Morgan fingerprint density at radius 2 is 2.00 bits per heavy atom. The van der Waals surface area contributed by atoms with Crippen LogP contribution in [0, 0.1) is 5.92 Å². The summed E-state index contributed by atoms with van der Waals surface area (Å²) in [7, 11) is 0. The highest BCUT2D eigenvalue weighted by molar-refractivity contribution is 5.67. The minimum atomic E-state index is -0.890. The molecule has 0 bridgehead atoms. The number of aliphatic hydroxyl groups is 1. The minimum Gasteiger partial charge on any atom is -0.481 e. The fraction of sp³-hybridized carbons (Fsp3) is 0.857. The van der Waals surface area contributed by atoms with Crippen molar-refractivity contribution < 1.29 is 15.0 Å². The van der Waals surface area contributed by atoms with Crippen LogP contribution < -0.4 is 0 Å². The van der Waals surface area contributed by atoms with Crippen LogP contribution in [-0.2, 0) is 4.79 Å². The Kier molecular flexibility index (Phi) is 2.84. The van der Waals surface area contributed by atoms with Crippen molar-refractivity contribution in [2.24, 2.45) is 5.92 Å². The van der Waals surface area contributed by atoms with Crippen molar-refractivity contribution in [1.82, 2.24) is 0 Å². The molecule has 0 fully saturated rings. The maximum absolute atomic E-state index is 10.1. The fourth-order valence-electron chi connectivity index (χ4n) is 0.512. The van der Waals surface area contributed by atoms with Gasteiger partial charge in [-0.2, -0.15) is 0 Å². The van der Waals surface area contributed by atoms with Crippen molar-refractivity contribution in [2.75, 3.05) is 0 Å². The molecule has 10 heavy (non-hydrogen) atoms. The second kappa shape index (κ2) is 3.01. The molecule has 0 saturated carbocycles. The first-order valence-corrected chi connectivity index (χ1v) is 3.28. The molecule has 1 atom stereocenters. The van der Waals surface area contributed by atoms with Crippen molar-refractivity contribution in [1.29, 1.82) is 0 Å². The molecular weight excluding hydrogens is 132 g/mol. The summed E-state index contributed by atoms with van der Waals surface area (Å²) in [4.78, 5) is 10.1. The lowest BCUT2D eigenvalue weighted by atomic mass is 9.90. The van der Waals surface area contributed by atoms with Crippen LogP contribution in [-0.4, -0.2) is 21.8 Å². The van der Waals surface area contributed by atoms with Gasteiger partial charge in [-0.15, -0.1) is 0 Å². The Hall–Kier alpha value is -0.570. The summed E-state index contributed by atoms with van der Waals surface area (Å²) < 4.78 is 0. The maximum atomic E-state index is 10.1. The standard InChI is InChI=1S/C7H14O3/c1-5(4-6(8)9)7(2,3)10/h5,10H,4H2,1-3H3,(H,8,9). The highest BCUT2D eigenvalue weighted by atomic mass is 16.4. The van der Waals surface area contributed by atoms with E-state index in [9.17, 15) is 9.90 Å². The van der Waals surface area contributed by atoms with E-state index in [0.717, 1.165) is 0 Å². The van der Waals surface area contributed by atoms with Gasteiger partial charge in [0.15, 0.2) is 0 Å². The SMILES string of the molecule is CC(CC(=O)O)C(C)(C)O. The van der Waals surface area contributed by atoms with Crippen LogP contribution >= 0.6 is 0 Å². The lowest BCUT2D eigenvalue weighted by molar-refractivity contribution is -0.140. The van der Waals surface area contributed by atoms with Crippen LogP contribution in [0.1, 0.15) is 27.2 Å². The minimum absolute atomic E-state index is 0.0174. The zero-order valence-electron chi connectivity index (χ0n) is 6.59. The molecule has 2 N–H and O–H groups in total. The zero-order chi connectivity index (χ0) is 8.36. The van der Waals surface area contributed by atoms with E-state index in [2.05, 4.69) is 0 Å². The molecule has 0 aliphatic rings. The Morgan fingerprint density at radius 1 is 1.60 bits per heavy atom. The van der Waals surface area contributed by atoms with E-state index in [-0.39, 0.29) is 12.3 Å². The molecule has 60 valence electrons. The normalized spacial score (nSPS) is 14.8. The van der Waals surface area contributed by atoms with E-state index < -0.39 is 11.6 Å².